The number of aryl methyl sites for hydroxylation is 1. The van der Waals surface area contributed by atoms with Gasteiger partial charge >= 0.3 is 5.97 Å². The first-order chi connectivity index (χ1) is 14.5. The fourth-order valence-corrected chi connectivity index (χ4v) is 4.52. The number of hydrogen-bond acceptors (Lipinski definition) is 5. The van der Waals surface area contributed by atoms with Crippen LogP contribution in [0.5, 0.6) is 5.75 Å². The van der Waals surface area contributed by atoms with Crippen molar-refractivity contribution in [1.29, 1.82) is 0 Å². The van der Waals surface area contributed by atoms with E-state index in [-0.39, 0.29) is 18.1 Å². The molecule has 3 aromatic rings. The van der Waals surface area contributed by atoms with Crippen molar-refractivity contribution in [2.45, 2.75) is 38.4 Å². The van der Waals surface area contributed by atoms with Crippen LogP contribution in [0.25, 0.3) is 10.9 Å². The van der Waals surface area contributed by atoms with E-state index >= 15 is 0 Å². The quantitative estimate of drug-likeness (QED) is 0.626. The molecule has 2 aromatic carbocycles. The third kappa shape index (κ3) is 3.80. The summed E-state index contributed by atoms with van der Waals surface area (Å²) in [7, 11) is 3.13. The first kappa shape index (κ1) is 20.4. The summed E-state index contributed by atoms with van der Waals surface area (Å²) in [6.07, 6.45) is 3.82. The van der Waals surface area contributed by atoms with Gasteiger partial charge in [-0.15, -0.1) is 0 Å². The molecule has 0 saturated carbocycles. The maximum absolute atomic E-state index is 11.8. The highest BCUT2D eigenvalue weighted by atomic mass is 16.5. The van der Waals surface area contributed by atoms with Crippen LogP contribution in [0, 0.1) is 6.92 Å². The highest BCUT2D eigenvalue weighted by Crippen LogP contribution is 2.37. The van der Waals surface area contributed by atoms with Gasteiger partial charge in [0.25, 0.3) is 0 Å². The summed E-state index contributed by atoms with van der Waals surface area (Å²) in [4.78, 5) is 17.6. The van der Waals surface area contributed by atoms with Crippen molar-refractivity contribution in [3.8, 4) is 5.75 Å². The highest BCUT2D eigenvalue weighted by molar-refractivity contribution is 5.89. The molecule has 0 radical (unpaired) electrons. The van der Waals surface area contributed by atoms with Gasteiger partial charge in [-0.2, -0.15) is 0 Å². The van der Waals surface area contributed by atoms with Gasteiger partial charge in [-0.05, 0) is 55.2 Å². The molecule has 0 bridgehead atoms. The van der Waals surface area contributed by atoms with Crippen molar-refractivity contribution in [2.24, 2.45) is 5.73 Å². The Bertz CT molecular complexity index is 1040. The molecule has 2 heterocycles. The van der Waals surface area contributed by atoms with Crippen molar-refractivity contribution < 1.29 is 14.3 Å². The highest BCUT2D eigenvalue weighted by Gasteiger charge is 2.29. The molecular formula is C24H29N3O3. The minimum atomic E-state index is -0.321. The summed E-state index contributed by atoms with van der Waals surface area (Å²) < 4.78 is 10.6. The van der Waals surface area contributed by atoms with E-state index < -0.39 is 0 Å². The van der Waals surface area contributed by atoms with Gasteiger partial charge in [0.1, 0.15) is 5.75 Å². The number of aromatic nitrogens is 1. The number of hydrogen-bond donors (Lipinski definition) is 2. The summed E-state index contributed by atoms with van der Waals surface area (Å²) in [5.74, 6) is 0.590. The summed E-state index contributed by atoms with van der Waals surface area (Å²) in [5, 5.41) is 1.20. The van der Waals surface area contributed by atoms with Gasteiger partial charge in [0, 0.05) is 47.8 Å². The van der Waals surface area contributed by atoms with Gasteiger partial charge in [-0.3, -0.25) is 4.90 Å². The van der Waals surface area contributed by atoms with Gasteiger partial charge in [0.05, 0.1) is 19.8 Å². The average Bonchev–Trinajstić information content (AvgIpc) is 3.26. The molecule has 4 rings (SSSR count). The van der Waals surface area contributed by atoms with E-state index in [0.717, 1.165) is 42.8 Å². The Morgan fingerprint density at radius 1 is 1.23 bits per heavy atom. The zero-order valence-electron chi connectivity index (χ0n) is 17.8. The Morgan fingerprint density at radius 3 is 2.70 bits per heavy atom. The largest absolute Gasteiger partial charge is 0.496 e. The first-order valence-electron chi connectivity index (χ1n) is 10.3. The normalized spacial score (nSPS) is 19.7. The molecule has 1 aliphatic rings. The maximum atomic E-state index is 11.8. The van der Waals surface area contributed by atoms with E-state index in [9.17, 15) is 4.79 Å². The van der Waals surface area contributed by atoms with Gasteiger partial charge < -0.3 is 20.2 Å². The lowest BCUT2D eigenvalue weighted by molar-refractivity contribution is 0.0600. The minimum Gasteiger partial charge on any atom is -0.496 e. The van der Waals surface area contributed by atoms with E-state index in [1.807, 2.05) is 30.5 Å². The van der Waals surface area contributed by atoms with Crippen LogP contribution in [0.2, 0.25) is 0 Å². The molecule has 2 atom stereocenters. The molecule has 0 spiro atoms. The fraction of sp³-hybridized carbons (Fsp3) is 0.375. The Labute approximate surface area is 177 Å². The van der Waals surface area contributed by atoms with E-state index in [4.69, 9.17) is 15.2 Å². The number of piperidine rings is 1. The topological polar surface area (TPSA) is 80.6 Å². The van der Waals surface area contributed by atoms with Gasteiger partial charge in [0.2, 0.25) is 0 Å². The fourth-order valence-electron chi connectivity index (χ4n) is 4.52. The van der Waals surface area contributed by atoms with E-state index in [2.05, 4.69) is 28.9 Å². The van der Waals surface area contributed by atoms with Gasteiger partial charge in [-0.1, -0.05) is 12.1 Å². The number of nitrogens with one attached hydrogen (secondary N) is 1. The minimum absolute atomic E-state index is 0.165. The van der Waals surface area contributed by atoms with E-state index in [0.29, 0.717) is 5.56 Å². The summed E-state index contributed by atoms with van der Waals surface area (Å²) in [6.45, 7) is 3.78. The number of nitrogens with two attached hydrogens (primary N) is 1. The Kier molecular flexibility index (Phi) is 5.79. The molecule has 3 N–H and O–H groups in total. The van der Waals surface area contributed by atoms with Crippen LogP contribution in [-0.2, 0) is 11.3 Å². The Hall–Kier alpha value is -2.83. The number of fused-ring (bicyclic) bond motifs is 1. The third-order valence-electron chi connectivity index (χ3n) is 6.16. The van der Waals surface area contributed by atoms with Crippen LogP contribution in [0.15, 0.2) is 42.6 Å². The molecule has 1 aliphatic heterocycles. The molecule has 6 nitrogen and oxygen atoms in total. The van der Waals surface area contributed by atoms with Crippen LogP contribution < -0.4 is 10.5 Å². The SMILES string of the molecule is COC(=O)c1ccc(C2CC(N)CCN2Cc2c(OC)cc(C)c3[nH]ccc23)cc1. The van der Waals surface area contributed by atoms with Crippen molar-refractivity contribution >= 4 is 16.9 Å². The molecule has 0 amide bonds. The van der Waals surface area contributed by atoms with Crippen LogP contribution in [0.4, 0.5) is 0 Å². The molecule has 1 aromatic heterocycles. The lowest BCUT2D eigenvalue weighted by atomic mass is 9.91. The zero-order valence-corrected chi connectivity index (χ0v) is 17.8. The standard InChI is InChI=1S/C24H29N3O3/c1-15-12-22(29-2)20(19-8-10-26-23(15)19)14-27-11-9-18(25)13-21(27)16-4-6-17(7-5-16)24(28)30-3/h4-8,10,12,18,21,26H,9,11,13-14,25H2,1-3H3. The lowest BCUT2D eigenvalue weighted by Crippen LogP contribution is -2.41. The molecule has 1 fully saturated rings. The second kappa shape index (κ2) is 8.50. The monoisotopic (exact) mass is 407 g/mol. The van der Waals surface area contributed by atoms with Crippen LogP contribution in [0.1, 0.15) is 45.9 Å². The molecule has 1 saturated heterocycles. The summed E-state index contributed by atoms with van der Waals surface area (Å²) in [5.41, 5.74) is 11.6. The van der Waals surface area contributed by atoms with Gasteiger partial charge in [0.15, 0.2) is 0 Å². The Balaban J connectivity index is 1.67. The van der Waals surface area contributed by atoms with Crippen molar-refractivity contribution in [3.05, 3.63) is 64.8 Å². The number of benzene rings is 2. The molecule has 6 heteroatoms. The number of carbonyl (C=O) groups is 1. The van der Waals surface area contributed by atoms with E-state index in [1.54, 1.807) is 7.11 Å². The molecule has 0 aliphatic carbocycles. The third-order valence-corrected chi connectivity index (χ3v) is 6.16. The molecular weight excluding hydrogens is 378 g/mol. The number of nitrogens with zero attached hydrogens (tertiary/aromatic N) is 1. The number of ether oxygens (including phenoxy) is 2. The smallest absolute Gasteiger partial charge is 0.337 e. The number of methoxy groups -OCH3 is 2. The van der Waals surface area contributed by atoms with Crippen molar-refractivity contribution in [3.63, 3.8) is 0 Å². The maximum Gasteiger partial charge on any atom is 0.337 e. The predicted molar refractivity (Wildman–Crippen MR) is 118 cm³/mol. The lowest BCUT2D eigenvalue weighted by Gasteiger charge is -2.39. The first-order valence-corrected chi connectivity index (χ1v) is 10.3. The average molecular weight is 408 g/mol. The number of likely N-dealkylation sites (tertiary alicyclic amines) is 1. The van der Waals surface area contributed by atoms with E-state index in [1.165, 1.54) is 23.6 Å². The van der Waals surface area contributed by atoms with Gasteiger partial charge in [-0.25, -0.2) is 4.79 Å². The van der Waals surface area contributed by atoms with Crippen LogP contribution in [-0.4, -0.2) is 42.7 Å². The zero-order chi connectivity index (χ0) is 21.3. The predicted octanol–water partition coefficient (Wildman–Crippen LogP) is 3.94. The summed E-state index contributed by atoms with van der Waals surface area (Å²) in [6, 6.07) is 12.3. The number of H-pyrrole nitrogens is 1. The number of rotatable bonds is 5. The van der Waals surface area contributed by atoms with Crippen molar-refractivity contribution in [1.82, 2.24) is 9.88 Å². The molecule has 30 heavy (non-hydrogen) atoms. The second-order valence-corrected chi connectivity index (χ2v) is 8.02. The molecule has 2 unspecified atom stereocenters. The van der Waals surface area contributed by atoms with Crippen LogP contribution >= 0.6 is 0 Å². The second-order valence-electron chi connectivity index (χ2n) is 8.02. The number of aromatic amines is 1. The number of esters is 1. The summed E-state index contributed by atoms with van der Waals surface area (Å²) >= 11 is 0. The van der Waals surface area contributed by atoms with Crippen LogP contribution in [0.3, 0.4) is 0 Å². The number of carbonyl (C=O) groups excluding carboxylic acids is 1. The Morgan fingerprint density at radius 2 is 2.00 bits per heavy atom. The molecule has 158 valence electrons. The van der Waals surface area contributed by atoms with Crippen molar-refractivity contribution in [2.75, 3.05) is 20.8 Å².